The van der Waals surface area contributed by atoms with E-state index in [1.807, 2.05) is 30.5 Å². The van der Waals surface area contributed by atoms with E-state index in [0.29, 0.717) is 18.3 Å². The van der Waals surface area contributed by atoms with Crippen molar-refractivity contribution in [3.8, 4) is 0 Å². The minimum atomic E-state index is -1.01. The molecule has 7 heteroatoms. The third-order valence-electron chi connectivity index (χ3n) is 6.93. The number of nitrogens with one attached hydrogen (secondary N) is 2. The second-order valence-electron chi connectivity index (χ2n) is 8.68. The Balaban J connectivity index is 0.00000272. The molecule has 0 saturated heterocycles. The molecule has 2 amide bonds. The second kappa shape index (κ2) is 10.2. The van der Waals surface area contributed by atoms with E-state index in [-0.39, 0.29) is 26.1 Å². The van der Waals surface area contributed by atoms with E-state index in [4.69, 9.17) is 4.74 Å². The second-order valence-corrected chi connectivity index (χ2v) is 8.68. The van der Waals surface area contributed by atoms with Gasteiger partial charge in [-0.3, -0.25) is 9.69 Å². The van der Waals surface area contributed by atoms with Crippen molar-refractivity contribution in [2.24, 2.45) is 11.8 Å². The number of aromatic amines is 1. The number of carboxylic acid groups (broad SMARTS) is 1. The monoisotopic (exact) mass is 429 g/mol. The quantitative estimate of drug-likeness (QED) is 0.569. The molecule has 4 atom stereocenters. The van der Waals surface area contributed by atoms with Crippen LogP contribution in [0.15, 0.2) is 30.5 Å². The van der Waals surface area contributed by atoms with Gasteiger partial charge < -0.3 is 20.1 Å². The number of aromatic nitrogens is 1. The maximum Gasteiger partial charge on any atom is 0.408 e. The summed E-state index contributed by atoms with van der Waals surface area (Å²) in [6.45, 7) is 0.0623. The summed E-state index contributed by atoms with van der Waals surface area (Å²) in [5.74, 6) is 0.752. The highest BCUT2D eigenvalue weighted by Gasteiger charge is 2.43. The molecule has 1 aromatic carbocycles. The summed E-state index contributed by atoms with van der Waals surface area (Å²) in [7, 11) is 1.51. The van der Waals surface area contributed by atoms with Gasteiger partial charge in [0, 0.05) is 36.7 Å². The molecule has 0 spiro atoms. The Morgan fingerprint density at radius 3 is 2.84 bits per heavy atom. The van der Waals surface area contributed by atoms with E-state index >= 15 is 0 Å². The maximum atomic E-state index is 13.1. The fraction of sp³-hybridized carbons (Fsp3) is 0.583. The van der Waals surface area contributed by atoms with E-state index in [1.165, 1.54) is 18.4 Å². The Morgan fingerprint density at radius 2 is 2.06 bits per heavy atom. The van der Waals surface area contributed by atoms with Crippen LogP contribution in [0.1, 0.15) is 51.5 Å². The van der Waals surface area contributed by atoms with Gasteiger partial charge in [-0.15, -0.1) is 0 Å². The number of hydrogen-bond acceptors (Lipinski definition) is 3. The first-order chi connectivity index (χ1) is 14.6. The summed E-state index contributed by atoms with van der Waals surface area (Å²) < 4.78 is 5.02. The fourth-order valence-electron chi connectivity index (χ4n) is 5.55. The highest BCUT2D eigenvalue weighted by molar-refractivity contribution is 5.88. The van der Waals surface area contributed by atoms with Crippen LogP contribution in [-0.2, 0) is 16.0 Å². The summed E-state index contributed by atoms with van der Waals surface area (Å²) >= 11 is 0. The Kier molecular flexibility index (Phi) is 7.59. The van der Waals surface area contributed by atoms with Gasteiger partial charge in [-0.25, -0.2) is 4.79 Å². The van der Waals surface area contributed by atoms with Crippen LogP contribution in [0.3, 0.4) is 0 Å². The molecule has 1 heterocycles. The maximum absolute atomic E-state index is 13.1. The lowest BCUT2D eigenvalue weighted by Crippen LogP contribution is -2.58. The number of methoxy groups -OCH3 is 1. The molecule has 31 heavy (non-hydrogen) atoms. The molecule has 4 unspecified atom stereocenters. The molecule has 1 aromatic heterocycles. The number of ether oxygens (including phenoxy) is 1. The number of benzene rings is 1. The third kappa shape index (κ3) is 4.87. The predicted octanol–water partition coefficient (Wildman–Crippen LogP) is 4.38. The van der Waals surface area contributed by atoms with Crippen LogP contribution in [0.5, 0.6) is 0 Å². The first-order valence-corrected chi connectivity index (χ1v) is 10.9. The predicted molar refractivity (Wildman–Crippen MR) is 121 cm³/mol. The third-order valence-corrected chi connectivity index (χ3v) is 6.93. The first kappa shape index (κ1) is 23.1. The molecule has 2 aliphatic rings. The topological polar surface area (TPSA) is 94.7 Å². The average molecular weight is 430 g/mol. The van der Waals surface area contributed by atoms with Gasteiger partial charge in [0.2, 0.25) is 5.91 Å². The number of hydrogen-bond donors (Lipinski definition) is 3. The average Bonchev–Trinajstić information content (AvgIpc) is 3.16. The number of amides is 2. The zero-order valence-electron chi connectivity index (χ0n) is 17.5. The number of H-pyrrole nitrogens is 1. The minimum Gasteiger partial charge on any atom is -0.465 e. The lowest BCUT2D eigenvalue weighted by molar-refractivity contribution is -0.129. The Bertz CT molecular complexity index is 896. The lowest BCUT2D eigenvalue weighted by atomic mass is 9.69. The Hall–Kier alpha value is -2.54. The van der Waals surface area contributed by atoms with Crippen LogP contribution in [0.25, 0.3) is 10.9 Å². The zero-order valence-corrected chi connectivity index (χ0v) is 17.5. The number of fused-ring (bicyclic) bond motifs is 3. The van der Waals surface area contributed by atoms with Gasteiger partial charge in [-0.2, -0.15) is 0 Å². The van der Waals surface area contributed by atoms with Crippen molar-refractivity contribution in [2.45, 2.75) is 64.5 Å². The summed E-state index contributed by atoms with van der Waals surface area (Å²) in [6.07, 6.45) is 7.62. The first-order valence-electron chi connectivity index (χ1n) is 10.9. The van der Waals surface area contributed by atoms with Crippen LogP contribution < -0.4 is 5.32 Å². The van der Waals surface area contributed by atoms with Crippen molar-refractivity contribution < 1.29 is 19.4 Å². The number of carbonyl (C=O) groups excluding carboxylic acids is 1. The van der Waals surface area contributed by atoms with Crippen LogP contribution in [0, 0.1) is 11.8 Å². The molecule has 7 nitrogen and oxygen atoms in total. The van der Waals surface area contributed by atoms with Gasteiger partial charge in [0.1, 0.15) is 12.8 Å². The van der Waals surface area contributed by atoms with Gasteiger partial charge in [-0.05, 0) is 49.1 Å². The number of carbonyl (C=O) groups is 2. The van der Waals surface area contributed by atoms with Crippen LogP contribution >= 0.6 is 0 Å². The van der Waals surface area contributed by atoms with Gasteiger partial charge in [0.25, 0.3) is 0 Å². The molecular weight excluding hydrogens is 394 g/mol. The van der Waals surface area contributed by atoms with Gasteiger partial charge in [0.15, 0.2) is 0 Å². The minimum absolute atomic E-state index is 0. The standard InChI is InChI=1S/C23H31N3O4.CH4/c1-30-14-25-22(27)21(12-17-13-24-19-8-3-2-7-18(17)19)26(23(28)29)20-10-9-15-5-4-6-16(20)11-15;/h2-3,7-8,13,15-16,20-21,24H,4-6,9-12,14H2,1H3,(H,25,27)(H,28,29);1H4. The summed E-state index contributed by atoms with van der Waals surface area (Å²) in [4.78, 5) is 30.3. The smallest absolute Gasteiger partial charge is 0.408 e. The highest BCUT2D eigenvalue weighted by atomic mass is 16.5. The van der Waals surface area contributed by atoms with Crippen molar-refractivity contribution in [3.05, 3.63) is 36.0 Å². The van der Waals surface area contributed by atoms with Gasteiger partial charge in [-0.1, -0.05) is 38.5 Å². The molecule has 4 rings (SSSR count). The van der Waals surface area contributed by atoms with E-state index in [0.717, 1.165) is 48.6 Å². The van der Waals surface area contributed by atoms with Crippen LogP contribution in [0.4, 0.5) is 4.79 Å². The van der Waals surface area contributed by atoms with E-state index < -0.39 is 12.1 Å². The SMILES string of the molecule is C.COCNC(=O)C(Cc1c[nH]c2ccccc12)N(C(=O)O)C1CCC2CCCC1C2. The molecule has 2 aliphatic carbocycles. The highest BCUT2D eigenvalue weighted by Crippen LogP contribution is 2.42. The molecule has 3 N–H and O–H groups in total. The number of para-hydroxylation sites is 1. The Morgan fingerprint density at radius 1 is 1.26 bits per heavy atom. The van der Waals surface area contributed by atoms with E-state index in [1.54, 1.807) is 0 Å². The molecule has 170 valence electrons. The van der Waals surface area contributed by atoms with Crippen molar-refractivity contribution >= 4 is 22.9 Å². The molecule has 0 aliphatic heterocycles. The number of rotatable bonds is 7. The largest absolute Gasteiger partial charge is 0.465 e. The van der Waals surface area contributed by atoms with Crippen molar-refractivity contribution in [1.29, 1.82) is 0 Å². The van der Waals surface area contributed by atoms with Crippen molar-refractivity contribution in [1.82, 2.24) is 15.2 Å². The Labute approximate surface area is 184 Å². The number of nitrogens with zero attached hydrogens (tertiary/aromatic N) is 1. The molecular formula is C24H35N3O4. The van der Waals surface area contributed by atoms with Gasteiger partial charge in [0.05, 0.1) is 0 Å². The lowest BCUT2D eigenvalue weighted by Gasteiger charge is -2.46. The molecule has 2 fully saturated rings. The van der Waals surface area contributed by atoms with E-state index in [2.05, 4.69) is 10.3 Å². The normalized spacial score (nSPS) is 23.6. The van der Waals surface area contributed by atoms with Gasteiger partial charge >= 0.3 is 6.09 Å². The van der Waals surface area contributed by atoms with E-state index in [9.17, 15) is 14.7 Å². The fourth-order valence-corrected chi connectivity index (χ4v) is 5.55. The van der Waals surface area contributed by atoms with Crippen LogP contribution in [-0.4, -0.2) is 52.9 Å². The molecule has 2 aromatic rings. The molecule has 2 bridgehead atoms. The zero-order chi connectivity index (χ0) is 21.1. The molecule has 2 saturated carbocycles. The van der Waals surface area contributed by atoms with Crippen LogP contribution in [0.2, 0.25) is 0 Å². The molecule has 0 radical (unpaired) electrons. The van der Waals surface area contributed by atoms with Crippen molar-refractivity contribution in [2.75, 3.05) is 13.8 Å². The van der Waals surface area contributed by atoms with Crippen molar-refractivity contribution in [3.63, 3.8) is 0 Å². The summed E-state index contributed by atoms with van der Waals surface area (Å²) in [6, 6.07) is 7.00. The summed E-state index contributed by atoms with van der Waals surface area (Å²) in [5, 5.41) is 14.0. The summed E-state index contributed by atoms with van der Waals surface area (Å²) in [5.41, 5.74) is 1.94.